The van der Waals surface area contributed by atoms with E-state index in [1.807, 2.05) is 18.2 Å². The molecule has 0 spiro atoms. The highest BCUT2D eigenvalue weighted by Crippen LogP contribution is 2.25. The highest BCUT2D eigenvalue weighted by molar-refractivity contribution is 5.40. The molecule has 0 saturated carbocycles. The Morgan fingerprint density at radius 2 is 2.32 bits per heavy atom. The van der Waals surface area contributed by atoms with Crippen LogP contribution >= 0.6 is 0 Å². The van der Waals surface area contributed by atoms with Gasteiger partial charge in [-0.2, -0.15) is 0 Å². The predicted molar refractivity (Wildman–Crippen MR) is 74.8 cm³/mol. The van der Waals surface area contributed by atoms with Crippen LogP contribution in [-0.2, 0) is 11.2 Å². The highest BCUT2D eigenvalue weighted by Gasteiger charge is 2.15. The van der Waals surface area contributed by atoms with Crippen molar-refractivity contribution in [3.63, 3.8) is 0 Å². The van der Waals surface area contributed by atoms with Crippen LogP contribution in [0.4, 0.5) is 0 Å². The second-order valence-corrected chi connectivity index (χ2v) is 4.78. The van der Waals surface area contributed by atoms with Gasteiger partial charge in [0.2, 0.25) is 0 Å². The second kappa shape index (κ2) is 7.36. The summed E-state index contributed by atoms with van der Waals surface area (Å²) in [5, 5.41) is 0. The fourth-order valence-corrected chi connectivity index (χ4v) is 2.35. The largest absolute Gasteiger partial charge is 0.497 e. The van der Waals surface area contributed by atoms with Crippen molar-refractivity contribution in [2.75, 3.05) is 26.9 Å². The summed E-state index contributed by atoms with van der Waals surface area (Å²) in [7, 11) is 1.67. The van der Waals surface area contributed by atoms with Gasteiger partial charge in [-0.15, -0.1) is 0 Å². The number of hydrogen-bond acceptors (Lipinski definition) is 4. The van der Waals surface area contributed by atoms with E-state index < -0.39 is 0 Å². The molecule has 0 bridgehead atoms. The molecule has 1 aliphatic rings. The van der Waals surface area contributed by atoms with Gasteiger partial charge in [-0.25, -0.2) is 0 Å². The van der Waals surface area contributed by atoms with Crippen molar-refractivity contribution in [1.82, 2.24) is 0 Å². The molecule has 1 saturated heterocycles. The molecule has 0 aromatic heterocycles. The Kier molecular flexibility index (Phi) is 5.48. The van der Waals surface area contributed by atoms with Crippen LogP contribution in [0, 0.1) is 0 Å². The predicted octanol–water partition coefficient (Wildman–Crippen LogP) is 2.14. The van der Waals surface area contributed by atoms with Gasteiger partial charge in [0.05, 0.1) is 19.8 Å². The number of hydrogen-bond donors (Lipinski definition) is 1. The fourth-order valence-electron chi connectivity index (χ4n) is 2.35. The van der Waals surface area contributed by atoms with E-state index in [1.54, 1.807) is 7.11 Å². The Morgan fingerprint density at radius 1 is 1.42 bits per heavy atom. The van der Waals surface area contributed by atoms with E-state index in [1.165, 1.54) is 6.42 Å². The third-order valence-corrected chi connectivity index (χ3v) is 3.40. The number of ether oxygens (including phenoxy) is 3. The van der Waals surface area contributed by atoms with Crippen LogP contribution in [0.2, 0.25) is 0 Å². The standard InChI is InChI=1S/C15H23NO3/c1-17-14-4-5-15(12(11-14)6-8-16)19-10-7-13-3-2-9-18-13/h4-5,11,13H,2-3,6-10,16H2,1H3. The van der Waals surface area contributed by atoms with Gasteiger partial charge in [-0.05, 0) is 49.6 Å². The van der Waals surface area contributed by atoms with Crippen LogP contribution in [0.15, 0.2) is 18.2 Å². The summed E-state index contributed by atoms with van der Waals surface area (Å²) in [6.45, 7) is 2.19. The van der Waals surface area contributed by atoms with E-state index in [2.05, 4.69) is 0 Å². The summed E-state index contributed by atoms with van der Waals surface area (Å²) in [6, 6.07) is 5.87. The van der Waals surface area contributed by atoms with Crippen molar-refractivity contribution in [2.45, 2.75) is 31.8 Å². The van der Waals surface area contributed by atoms with Gasteiger partial charge >= 0.3 is 0 Å². The summed E-state index contributed by atoms with van der Waals surface area (Å²) < 4.78 is 16.7. The summed E-state index contributed by atoms with van der Waals surface area (Å²) in [5.41, 5.74) is 6.74. The van der Waals surface area contributed by atoms with Crippen LogP contribution < -0.4 is 15.2 Å². The molecule has 2 rings (SSSR count). The van der Waals surface area contributed by atoms with E-state index in [4.69, 9.17) is 19.9 Å². The van der Waals surface area contributed by atoms with Crippen molar-refractivity contribution < 1.29 is 14.2 Å². The van der Waals surface area contributed by atoms with Crippen molar-refractivity contribution in [3.05, 3.63) is 23.8 Å². The molecular formula is C15H23NO3. The Morgan fingerprint density at radius 3 is 3.00 bits per heavy atom. The van der Waals surface area contributed by atoms with Gasteiger partial charge in [0, 0.05) is 13.0 Å². The second-order valence-electron chi connectivity index (χ2n) is 4.78. The fraction of sp³-hybridized carbons (Fsp3) is 0.600. The lowest BCUT2D eigenvalue weighted by atomic mass is 10.1. The zero-order valence-electron chi connectivity index (χ0n) is 11.6. The van der Waals surface area contributed by atoms with Gasteiger partial charge in [-0.1, -0.05) is 0 Å². The molecule has 4 nitrogen and oxygen atoms in total. The summed E-state index contributed by atoms with van der Waals surface area (Å²) >= 11 is 0. The Balaban J connectivity index is 1.90. The number of rotatable bonds is 7. The maximum absolute atomic E-state index is 5.86. The topological polar surface area (TPSA) is 53.7 Å². The van der Waals surface area contributed by atoms with E-state index in [-0.39, 0.29) is 0 Å². The molecule has 19 heavy (non-hydrogen) atoms. The van der Waals surface area contributed by atoms with Gasteiger partial charge in [0.15, 0.2) is 0 Å². The van der Waals surface area contributed by atoms with E-state index in [9.17, 15) is 0 Å². The number of methoxy groups -OCH3 is 1. The Hall–Kier alpha value is -1.26. The molecule has 106 valence electrons. The zero-order chi connectivity index (χ0) is 13.5. The molecule has 2 N–H and O–H groups in total. The Labute approximate surface area is 114 Å². The van der Waals surface area contributed by atoms with Gasteiger partial charge in [0.25, 0.3) is 0 Å². The minimum Gasteiger partial charge on any atom is -0.497 e. The molecule has 1 unspecified atom stereocenters. The first-order valence-electron chi connectivity index (χ1n) is 6.95. The maximum Gasteiger partial charge on any atom is 0.122 e. The van der Waals surface area contributed by atoms with Crippen LogP contribution in [0.25, 0.3) is 0 Å². The van der Waals surface area contributed by atoms with E-state index >= 15 is 0 Å². The van der Waals surface area contributed by atoms with E-state index in [0.717, 1.165) is 42.9 Å². The average molecular weight is 265 g/mol. The van der Waals surface area contributed by atoms with Gasteiger partial charge in [-0.3, -0.25) is 0 Å². The van der Waals surface area contributed by atoms with E-state index in [0.29, 0.717) is 19.3 Å². The van der Waals surface area contributed by atoms with Gasteiger partial charge < -0.3 is 19.9 Å². The number of nitrogens with two attached hydrogens (primary N) is 1. The molecule has 1 heterocycles. The molecule has 1 fully saturated rings. The molecule has 1 aliphatic heterocycles. The lowest BCUT2D eigenvalue weighted by Crippen LogP contribution is -2.12. The first-order valence-corrected chi connectivity index (χ1v) is 6.95. The van der Waals surface area contributed by atoms with Crippen LogP contribution in [-0.4, -0.2) is 33.0 Å². The van der Waals surface area contributed by atoms with Gasteiger partial charge in [0.1, 0.15) is 11.5 Å². The smallest absolute Gasteiger partial charge is 0.122 e. The molecule has 1 aromatic carbocycles. The zero-order valence-corrected chi connectivity index (χ0v) is 11.6. The first kappa shape index (κ1) is 14.2. The van der Waals surface area contributed by atoms with Crippen LogP contribution in [0.1, 0.15) is 24.8 Å². The minimum atomic E-state index is 0.371. The lowest BCUT2D eigenvalue weighted by Gasteiger charge is -2.14. The molecule has 0 aliphatic carbocycles. The van der Waals surface area contributed by atoms with Crippen molar-refractivity contribution in [2.24, 2.45) is 5.73 Å². The SMILES string of the molecule is COc1ccc(OCCC2CCCO2)c(CCN)c1. The monoisotopic (exact) mass is 265 g/mol. The third-order valence-electron chi connectivity index (χ3n) is 3.40. The maximum atomic E-state index is 5.86. The molecule has 1 atom stereocenters. The third kappa shape index (κ3) is 4.11. The van der Waals surface area contributed by atoms with Crippen molar-refractivity contribution in [3.8, 4) is 11.5 Å². The number of benzene rings is 1. The molecular weight excluding hydrogens is 242 g/mol. The normalized spacial score (nSPS) is 18.5. The van der Waals surface area contributed by atoms with Crippen LogP contribution in [0.5, 0.6) is 11.5 Å². The summed E-state index contributed by atoms with van der Waals surface area (Å²) in [5.74, 6) is 1.75. The molecule has 0 amide bonds. The molecule has 1 aromatic rings. The molecule has 4 heteroatoms. The highest BCUT2D eigenvalue weighted by atomic mass is 16.5. The quantitative estimate of drug-likeness (QED) is 0.820. The summed E-state index contributed by atoms with van der Waals surface area (Å²) in [4.78, 5) is 0. The lowest BCUT2D eigenvalue weighted by molar-refractivity contribution is 0.0902. The Bertz CT molecular complexity index is 389. The first-order chi connectivity index (χ1) is 9.33. The summed E-state index contributed by atoms with van der Waals surface area (Å²) in [6.07, 6.45) is 4.45. The minimum absolute atomic E-state index is 0.371. The van der Waals surface area contributed by atoms with Crippen molar-refractivity contribution >= 4 is 0 Å². The molecule has 0 radical (unpaired) electrons. The van der Waals surface area contributed by atoms with Crippen molar-refractivity contribution in [1.29, 1.82) is 0 Å². The average Bonchev–Trinajstić information content (AvgIpc) is 2.94. The van der Waals surface area contributed by atoms with Crippen LogP contribution in [0.3, 0.4) is 0 Å².